The van der Waals surface area contributed by atoms with Crippen LogP contribution in [0.15, 0.2) is 23.2 Å². The lowest BCUT2D eigenvalue weighted by Gasteiger charge is -2.35. The van der Waals surface area contributed by atoms with E-state index in [9.17, 15) is 0 Å². The van der Waals surface area contributed by atoms with Crippen molar-refractivity contribution in [1.82, 2.24) is 15.5 Å². The lowest BCUT2D eigenvalue weighted by molar-refractivity contribution is 0.129. The Balaban J connectivity index is 0.00000420. The zero-order valence-electron chi connectivity index (χ0n) is 18.0. The van der Waals surface area contributed by atoms with Crippen LogP contribution in [0.3, 0.4) is 0 Å². The molecule has 1 aromatic rings. The number of hydrogen-bond acceptors (Lipinski definition) is 4. The highest BCUT2D eigenvalue weighted by atomic mass is 127. The Hall–Kier alpha value is -0.770. The van der Waals surface area contributed by atoms with Crippen molar-refractivity contribution in [2.24, 2.45) is 4.99 Å². The van der Waals surface area contributed by atoms with Crippen LogP contribution in [0.25, 0.3) is 0 Å². The van der Waals surface area contributed by atoms with Gasteiger partial charge in [-0.1, -0.05) is 31.0 Å². The highest BCUT2D eigenvalue weighted by Gasteiger charge is 2.18. The lowest BCUT2D eigenvalue weighted by Crippen LogP contribution is -2.45. The van der Waals surface area contributed by atoms with E-state index in [1.54, 1.807) is 7.05 Å². The van der Waals surface area contributed by atoms with Gasteiger partial charge in [0, 0.05) is 75.8 Å². The Morgan fingerprint density at radius 3 is 2.55 bits per heavy atom. The van der Waals surface area contributed by atoms with Crippen LogP contribution in [-0.4, -0.2) is 70.9 Å². The first-order valence-corrected chi connectivity index (χ1v) is 10.8. The van der Waals surface area contributed by atoms with Crippen molar-refractivity contribution in [2.45, 2.75) is 32.7 Å². The van der Waals surface area contributed by atoms with Gasteiger partial charge in [-0.3, -0.25) is 4.99 Å². The fourth-order valence-corrected chi connectivity index (χ4v) is 3.42. The summed E-state index contributed by atoms with van der Waals surface area (Å²) < 4.78 is 5.60. The van der Waals surface area contributed by atoms with Crippen molar-refractivity contribution in [3.05, 3.63) is 28.8 Å². The second-order valence-electron chi connectivity index (χ2n) is 7.20. The number of piperazine rings is 1. The predicted octanol–water partition coefficient (Wildman–Crippen LogP) is 3.58. The summed E-state index contributed by atoms with van der Waals surface area (Å²) in [7, 11) is 3.96. The average Bonchev–Trinajstić information content (AvgIpc) is 2.71. The Kier molecular flexibility index (Phi) is 13.7. The van der Waals surface area contributed by atoms with Gasteiger partial charge >= 0.3 is 0 Å². The van der Waals surface area contributed by atoms with Crippen LogP contribution in [-0.2, 0) is 11.3 Å². The molecule has 0 aromatic heterocycles. The van der Waals surface area contributed by atoms with Gasteiger partial charge in [0.15, 0.2) is 5.96 Å². The minimum atomic E-state index is 0. The zero-order chi connectivity index (χ0) is 20.2. The second kappa shape index (κ2) is 15.1. The van der Waals surface area contributed by atoms with Gasteiger partial charge in [-0.15, -0.1) is 24.0 Å². The van der Waals surface area contributed by atoms with Crippen molar-refractivity contribution in [3.63, 3.8) is 0 Å². The third kappa shape index (κ3) is 9.27. The van der Waals surface area contributed by atoms with Gasteiger partial charge in [-0.25, -0.2) is 0 Å². The molecule has 1 aliphatic rings. The van der Waals surface area contributed by atoms with Crippen LogP contribution in [0.1, 0.15) is 31.7 Å². The maximum Gasteiger partial charge on any atom is 0.191 e. The van der Waals surface area contributed by atoms with Crippen molar-refractivity contribution in [2.75, 3.05) is 64.9 Å². The van der Waals surface area contributed by atoms with Gasteiger partial charge in [0.2, 0.25) is 0 Å². The third-order valence-corrected chi connectivity index (χ3v) is 5.35. The summed E-state index contributed by atoms with van der Waals surface area (Å²) in [5.74, 6) is 0.790. The van der Waals surface area contributed by atoms with E-state index in [1.807, 2.05) is 12.1 Å². The highest BCUT2D eigenvalue weighted by Crippen LogP contribution is 2.28. The Morgan fingerprint density at radius 2 is 1.86 bits per heavy atom. The molecule has 29 heavy (non-hydrogen) atoms. The van der Waals surface area contributed by atoms with Crippen LogP contribution in [0.2, 0.25) is 5.02 Å². The topological polar surface area (TPSA) is 52.1 Å². The van der Waals surface area contributed by atoms with E-state index in [4.69, 9.17) is 16.3 Å². The number of likely N-dealkylation sites (N-methyl/N-ethyl adjacent to an activating group) is 1. The molecule has 6 nitrogen and oxygen atoms in total. The quantitative estimate of drug-likeness (QED) is 0.207. The summed E-state index contributed by atoms with van der Waals surface area (Å²) >= 11 is 6.54. The molecule has 0 radical (unpaired) electrons. The fraction of sp³-hybridized carbons (Fsp3) is 0.667. The number of unbranched alkanes of at least 4 members (excludes halogenated alkanes) is 1. The summed E-state index contributed by atoms with van der Waals surface area (Å²) in [6.07, 6.45) is 3.26. The first-order chi connectivity index (χ1) is 13.7. The van der Waals surface area contributed by atoms with Crippen molar-refractivity contribution < 1.29 is 4.74 Å². The van der Waals surface area contributed by atoms with E-state index >= 15 is 0 Å². The van der Waals surface area contributed by atoms with Gasteiger partial charge in [0.25, 0.3) is 0 Å². The summed E-state index contributed by atoms with van der Waals surface area (Å²) in [4.78, 5) is 9.10. The highest BCUT2D eigenvalue weighted by molar-refractivity contribution is 14.0. The number of halogens is 2. The number of nitrogens with zero attached hydrogens (tertiary/aromatic N) is 3. The number of guanidine groups is 1. The second-order valence-corrected chi connectivity index (χ2v) is 7.61. The largest absolute Gasteiger partial charge is 0.381 e. The van der Waals surface area contributed by atoms with Crippen molar-refractivity contribution >= 4 is 47.2 Å². The molecule has 1 saturated heterocycles. The molecule has 0 aliphatic carbocycles. The summed E-state index contributed by atoms with van der Waals surface area (Å²) in [6, 6.07) is 6.16. The van der Waals surface area contributed by atoms with Crippen molar-refractivity contribution in [3.8, 4) is 0 Å². The summed E-state index contributed by atoms with van der Waals surface area (Å²) in [5, 5.41) is 7.55. The first kappa shape index (κ1) is 26.3. The van der Waals surface area contributed by atoms with E-state index in [1.165, 1.54) is 12.1 Å². The maximum absolute atomic E-state index is 6.54. The monoisotopic (exact) mass is 537 g/mol. The molecule has 0 saturated carbocycles. The summed E-state index contributed by atoms with van der Waals surface area (Å²) in [6.45, 7) is 9.48. The number of benzene rings is 1. The summed E-state index contributed by atoms with van der Waals surface area (Å²) in [5.41, 5.74) is 2.34. The molecule has 166 valence electrons. The van der Waals surface area contributed by atoms with Gasteiger partial charge < -0.3 is 25.2 Å². The lowest BCUT2D eigenvalue weighted by atomic mass is 10.1. The number of anilines is 1. The van der Waals surface area contributed by atoms with Gasteiger partial charge in [-0.2, -0.15) is 0 Å². The van der Waals surface area contributed by atoms with Crippen LogP contribution in [0.4, 0.5) is 5.69 Å². The zero-order valence-corrected chi connectivity index (χ0v) is 21.1. The van der Waals surface area contributed by atoms with E-state index in [-0.39, 0.29) is 24.0 Å². The molecule has 0 spiro atoms. The molecule has 2 N–H and O–H groups in total. The van der Waals surface area contributed by atoms with Crippen molar-refractivity contribution in [1.29, 1.82) is 0 Å². The molecule has 1 heterocycles. The fourth-order valence-electron chi connectivity index (χ4n) is 3.19. The Morgan fingerprint density at radius 1 is 1.14 bits per heavy atom. The molecule has 2 rings (SSSR count). The number of rotatable bonds is 10. The average molecular weight is 538 g/mol. The molecule has 0 amide bonds. The first-order valence-electron chi connectivity index (χ1n) is 10.4. The number of aliphatic imine (C=N–C) groups is 1. The van der Waals surface area contributed by atoms with E-state index < -0.39 is 0 Å². The number of nitrogens with one attached hydrogen (secondary N) is 2. The number of hydrogen-bond donors (Lipinski definition) is 2. The standard InChI is InChI=1S/C21H36ClN5O.HI/c1-4-5-15-28-16-7-10-24-21(23-2)25-17-18-19(22)8-6-9-20(18)27-13-11-26(3)12-14-27;/h6,8-9H,4-5,7,10-17H2,1-3H3,(H2,23,24,25);1H. The normalized spacial score (nSPS) is 15.2. The van der Waals surface area contributed by atoms with E-state index in [0.717, 1.165) is 75.3 Å². The molecule has 0 unspecified atom stereocenters. The maximum atomic E-state index is 6.54. The molecule has 8 heteroatoms. The smallest absolute Gasteiger partial charge is 0.191 e. The van der Waals surface area contributed by atoms with Crippen LogP contribution in [0.5, 0.6) is 0 Å². The minimum absolute atomic E-state index is 0. The van der Waals surface area contributed by atoms with Crippen LogP contribution in [0, 0.1) is 0 Å². The molecular weight excluding hydrogens is 501 g/mol. The Labute approximate surface area is 198 Å². The van der Waals surface area contributed by atoms with E-state index in [0.29, 0.717) is 6.54 Å². The van der Waals surface area contributed by atoms with E-state index in [2.05, 4.69) is 45.5 Å². The SMILES string of the molecule is CCCCOCCCNC(=NC)NCc1c(Cl)cccc1N1CCN(C)CC1.I. The molecule has 0 bridgehead atoms. The van der Waals surface area contributed by atoms with Crippen LogP contribution >= 0.6 is 35.6 Å². The van der Waals surface area contributed by atoms with Gasteiger partial charge in [0.1, 0.15) is 0 Å². The molecule has 1 aromatic carbocycles. The third-order valence-electron chi connectivity index (χ3n) is 4.99. The van der Waals surface area contributed by atoms with Crippen LogP contribution < -0.4 is 15.5 Å². The molecular formula is C21H37ClIN5O. The molecule has 1 aliphatic heterocycles. The predicted molar refractivity (Wildman–Crippen MR) is 135 cm³/mol. The Bertz CT molecular complexity index is 609. The number of ether oxygens (including phenoxy) is 1. The van der Waals surface area contributed by atoms with Gasteiger partial charge in [-0.05, 0) is 32.0 Å². The van der Waals surface area contributed by atoms with Gasteiger partial charge in [0.05, 0.1) is 0 Å². The minimum Gasteiger partial charge on any atom is -0.381 e. The molecule has 1 fully saturated rings. The molecule has 0 atom stereocenters.